The van der Waals surface area contributed by atoms with Gasteiger partial charge in [0.2, 0.25) is 0 Å². The van der Waals surface area contributed by atoms with Crippen LogP contribution < -0.4 is 4.74 Å². The summed E-state index contributed by atoms with van der Waals surface area (Å²) in [4.78, 5) is 20.2. The predicted octanol–water partition coefficient (Wildman–Crippen LogP) is 2.33. The largest absolute Gasteiger partial charge is 0.467 e. The van der Waals surface area contributed by atoms with Gasteiger partial charge in [-0.15, -0.1) is 0 Å². The Labute approximate surface area is 106 Å². The van der Waals surface area contributed by atoms with Crippen molar-refractivity contribution in [3.8, 4) is 6.01 Å². The molecule has 0 radical (unpaired) electrons. The standard InChI is InChI=1S/C14H14N2O2/c1-9-4-5-10(2)12(6-9)13(17)11-7-15-14(18-3)16-8-11/h4-8H,1-3H3. The lowest BCUT2D eigenvalue weighted by Gasteiger charge is -2.06. The number of aromatic nitrogens is 2. The van der Waals surface area contributed by atoms with Crippen molar-refractivity contribution in [2.45, 2.75) is 13.8 Å². The molecule has 4 heteroatoms. The molecule has 0 amide bonds. The monoisotopic (exact) mass is 242 g/mol. The Morgan fingerprint density at radius 3 is 2.44 bits per heavy atom. The lowest BCUT2D eigenvalue weighted by molar-refractivity contribution is 0.103. The van der Waals surface area contributed by atoms with E-state index in [9.17, 15) is 4.79 Å². The zero-order valence-electron chi connectivity index (χ0n) is 10.6. The van der Waals surface area contributed by atoms with E-state index in [0.29, 0.717) is 11.1 Å². The molecule has 0 fully saturated rings. The normalized spacial score (nSPS) is 10.2. The van der Waals surface area contributed by atoms with Crippen LogP contribution in [0.1, 0.15) is 27.0 Å². The molecule has 0 atom stereocenters. The highest BCUT2D eigenvalue weighted by atomic mass is 16.5. The van der Waals surface area contributed by atoms with Crippen LogP contribution >= 0.6 is 0 Å². The van der Waals surface area contributed by atoms with Crippen molar-refractivity contribution in [3.63, 3.8) is 0 Å². The zero-order chi connectivity index (χ0) is 13.1. The minimum atomic E-state index is -0.0705. The van der Waals surface area contributed by atoms with Gasteiger partial charge in [-0.2, -0.15) is 0 Å². The molecule has 92 valence electrons. The first-order chi connectivity index (χ1) is 8.61. The van der Waals surface area contributed by atoms with Gasteiger partial charge in [-0.05, 0) is 25.5 Å². The van der Waals surface area contributed by atoms with E-state index < -0.39 is 0 Å². The summed E-state index contributed by atoms with van der Waals surface area (Å²) in [6, 6.07) is 6.05. The number of carbonyl (C=O) groups excluding carboxylic acids is 1. The lowest BCUT2D eigenvalue weighted by atomic mass is 9.99. The summed E-state index contributed by atoms with van der Waals surface area (Å²) in [5.41, 5.74) is 3.15. The van der Waals surface area contributed by atoms with Crippen molar-refractivity contribution < 1.29 is 9.53 Å². The fraction of sp³-hybridized carbons (Fsp3) is 0.214. The van der Waals surface area contributed by atoms with Crippen LogP contribution in [-0.4, -0.2) is 22.9 Å². The van der Waals surface area contributed by atoms with Crippen LogP contribution in [-0.2, 0) is 0 Å². The average Bonchev–Trinajstić information content (AvgIpc) is 2.41. The quantitative estimate of drug-likeness (QED) is 0.775. The molecule has 0 spiro atoms. The van der Waals surface area contributed by atoms with Crippen molar-refractivity contribution in [2.75, 3.05) is 7.11 Å². The maximum atomic E-state index is 12.3. The van der Waals surface area contributed by atoms with E-state index in [1.54, 1.807) is 0 Å². The number of ether oxygens (including phenoxy) is 1. The number of ketones is 1. The summed E-state index contributed by atoms with van der Waals surface area (Å²) in [5.74, 6) is -0.0705. The molecule has 0 bridgehead atoms. The minimum Gasteiger partial charge on any atom is -0.467 e. The maximum absolute atomic E-state index is 12.3. The Morgan fingerprint density at radius 2 is 1.83 bits per heavy atom. The van der Waals surface area contributed by atoms with Gasteiger partial charge in [0.15, 0.2) is 5.78 Å². The first-order valence-electron chi connectivity index (χ1n) is 5.60. The van der Waals surface area contributed by atoms with E-state index in [4.69, 9.17) is 4.74 Å². The Kier molecular flexibility index (Phi) is 3.37. The lowest BCUT2D eigenvalue weighted by Crippen LogP contribution is -2.06. The molecule has 0 saturated carbocycles. The minimum absolute atomic E-state index is 0.0705. The molecule has 2 aromatic rings. The van der Waals surface area contributed by atoms with Gasteiger partial charge >= 0.3 is 6.01 Å². The number of carbonyl (C=O) groups is 1. The molecule has 0 aliphatic rings. The van der Waals surface area contributed by atoms with Gasteiger partial charge < -0.3 is 4.74 Å². The first kappa shape index (κ1) is 12.2. The molecule has 1 aromatic carbocycles. The van der Waals surface area contributed by atoms with Gasteiger partial charge in [-0.25, -0.2) is 9.97 Å². The van der Waals surface area contributed by atoms with E-state index in [1.165, 1.54) is 19.5 Å². The van der Waals surface area contributed by atoms with Gasteiger partial charge in [-0.3, -0.25) is 4.79 Å². The van der Waals surface area contributed by atoms with Crippen molar-refractivity contribution >= 4 is 5.78 Å². The summed E-state index contributed by atoms with van der Waals surface area (Å²) in [6.07, 6.45) is 2.96. The number of nitrogens with zero attached hydrogens (tertiary/aromatic N) is 2. The summed E-state index contributed by atoms with van der Waals surface area (Å²) in [5, 5.41) is 0. The fourth-order valence-electron chi connectivity index (χ4n) is 1.67. The number of benzene rings is 1. The Morgan fingerprint density at radius 1 is 1.17 bits per heavy atom. The maximum Gasteiger partial charge on any atom is 0.316 e. The highest BCUT2D eigenvalue weighted by Crippen LogP contribution is 2.15. The van der Waals surface area contributed by atoms with Crippen molar-refractivity contribution in [2.24, 2.45) is 0 Å². The third kappa shape index (κ3) is 2.37. The summed E-state index contributed by atoms with van der Waals surface area (Å²) in [7, 11) is 1.49. The highest BCUT2D eigenvalue weighted by molar-refractivity contribution is 6.09. The number of hydrogen-bond donors (Lipinski definition) is 0. The van der Waals surface area contributed by atoms with Gasteiger partial charge in [-0.1, -0.05) is 17.7 Å². The molecule has 2 rings (SSSR count). The van der Waals surface area contributed by atoms with Crippen LogP contribution in [0.5, 0.6) is 6.01 Å². The Hall–Kier alpha value is -2.23. The van der Waals surface area contributed by atoms with Crippen LogP contribution in [0.25, 0.3) is 0 Å². The highest BCUT2D eigenvalue weighted by Gasteiger charge is 2.13. The molecule has 0 N–H and O–H groups in total. The predicted molar refractivity (Wildman–Crippen MR) is 67.9 cm³/mol. The molecule has 1 heterocycles. The smallest absolute Gasteiger partial charge is 0.316 e. The van der Waals surface area contributed by atoms with E-state index in [-0.39, 0.29) is 11.8 Å². The van der Waals surface area contributed by atoms with Crippen LogP contribution in [0, 0.1) is 13.8 Å². The zero-order valence-corrected chi connectivity index (χ0v) is 10.6. The number of methoxy groups -OCH3 is 1. The number of hydrogen-bond acceptors (Lipinski definition) is 4. The molecule has 4 nitrogen and oxygen atoms in total. The second-order valence-electron chi connectivity index (χ2n) is 4.11. The SMILES string of the molecule is COc1ncc(C(=O)c2cc(C)ccc2C)cn1. The second-order valence-corrected chi connectivity index (χ2v) is 4.11. The topological polar surface area (TPSA) is 52.1 Å². The summed E-state index contributed by atoms with van der Waals surface area (Å²) >= 11 is 0. The van der Waals surface area contributed by atoms with Gasteiger partial charge in [0.05, 0.1) is 12.7 Å². The van der Waals surface area contributed by atoms with E-state index in [2.05, 4.69) is 9.97 Å². The molecule has 18 heavy (non-hydrogen) atoms. The molecular weight excluding hydrogens is 228 g/mol. The summed E-state index contributed by atoms with van der Waals surface area (Å²) in [6.45, 7) is 3.87. The number of aryl methyl sites for hydroxylation is 2. The van der Waals surface area contributed by atoms with Gasteiger partial charge in [0.25, 0.3) is 0 Å². The van der Waals surface area contributed by atoms with E-state index in [1.807, 2.05) is 32.0 Å². The van der Waals surface area contributed by atoms with Gasteiger partial charge in [0.1, 0.15) is 0 Å². The summed E-state index contributed by atoms with van der Waals surface area (Å²) < 4.78 is 4.86. The molecular formula is C14H14N2O2. The van der Waals surface area contributed by atoms with Crippen LogP contribution in [0.3, 0.4) is 0 Å². The molecule has 1 aromatic heterocycles. The second kappa shape index (κ2) is 4.96. The van der Waals surface area contributed by atoms with E-state index in [0.717, 1.165) is 11.1 Å². The van der Waals surface area contributed by atoms with Crippen LogP contribution in [0.15, 0.2) is 30.6 Å². The third-order valence-electron chi connectivity index (χ3n) is 2.71. The van der Waals surface area contributed by atoms with Crippen molar-refractivity contribution in [1.29, 1.82) is 0 Å². The van der Waals surface area contributed by atoms with Gasteiger partial charge in [0, 0.05) is 18.0 Å². The first-order valence-corrected chi connectivity index (χ1v) is 5.60. The molecule has 0 aliphatic heterocycles. The van der Waals surface area contributed by atoms with Crippen molar-refractivity contribution in [3.05, 3.63) is 52.8 Å². The molecule has 0 aliphatic carbocycles. The van der Waals surface area contributed by atoms with E-state index >= 15 is 0 Å². The molecule has 0 saturated heterocycles. The Balaban J connectivity index is 2.38. The van der Waals surface area contributed by atoms with Crippen molar-refractivity contribution in [1.82, 2.24) is 9.97 Å². The van der Waals surface area contributed by atoms with Crippen LogP contribution in [0.4, 0.5) is 0 Å². The number of rotatable bonds is 3. The molecule has 0 unspecified atom stereocenters. The third-order valence-corrected chi connectivity index (χ3v) is 2.71. The van der Waals surface area contributed by atoms with Crippen LogP contribution in [0.2, 0.25) is 0 Å². The fourth-order valence-corrected chi connectivity index (χ4v) is 1.67. The average molecular weight is 242 g/mol. The Bertz CT molecular complexity index is 577.